The first kappa shape index (κ1) is 6.52. The molecule has 1 aliphatic carbocycles. The molecule has 11 heavy (non-hydrogen) atoms. The van der Waals surface area contributed by atoms with Crippen LogP contribution >= 0.6 is 0 Å². The Balaban J connectivity index is 2.43. The van der Waals surface area contributed by atoms with Crippen LogP contribution in [0.5, 0.6) is 0 Å². The highest BCUT2D eigenvalue weighted by molar-refractivity contribution is 5.73. The third-order valence-electron chi connectivity index (χ3n) is 1.80. The van der Waals surface area contributed by atoms with Gasteiger partial charge in [0.2, 0.25) is 0 Å². The van der Waals surface area contributed by atoms with Crippen LogP contribution in [0.15, 0.2) is 10.8 Å². The summed E-state index contributed by atoms with van der Waals surface area (Å²) in [6.45, 7) is 0. The average molecular weight is 155 g/mol. The van der Waals surface area contributed by atoms with Gasteiger partial charge in [0.25, 0.3) is 0 Å². The number of halogens is 1. The van der Waals surface area contributed by atoms with Gasteiger partial charge in [0.15, 0.2) is 24.1 Å². The van der Waals surface area contributed by atoms with E-state index in [1.165, 1.54) is 0 Å². The molecular weight excluding hydrogens is 149 g/mol. The summed E-state index contributed by atoms with van der Waals surface area (Å²) in [6.07, 6.45) is 2.48. The molecule has 0 radical (unpaired) electrons. The van der Waals surface area contributed by atoms with Crippen LogP contribution in [-0.4, -0.2) is 11.3 Å². The number of aromatic nitrogens is 1. The summed E-state index contributed by atoms with van der Waals surface area (Å²) < 4.78 is 18.0. The van der Waals surface area contributed by atoms with E-state index < -0.39 is 5.67 Å². The quantitative estimate of drug-likeness (QED) is 0.607. The van der Waals surface area contributed by atoms with Crippen LogP contribution in [0.1, 0.15) is 29.1 Å². The van der Waals surface area contributed by atoms with Crippen molar-refractivity contribution in [2.75, 3.05) is 0 Å². The molecule has 0 N–H and O–H groups in total. The van der Waals surface area contributed by atoms with Crippen LogP contribution in [0.3, 0.4) is 0 Å². The van der Waals surface area contributed by atoms with Crippen molar-refractivity contribution >= 4 is 6.29 Å². The fourth-order valence-electron chi connectivity index (χ4n) is 1.01. The molecule has 3 nitrogen and oxygen atoms in total. The summed E-state index contributed by atoms with van der Waals surface area (Å²) in [4.78, 5) is 13.8. The number of carbonyl (C=O) groups is 1. The molecule has 1 aliphatic rings. The number of alkyl halides is 1. The topological polar surface area (TPSA) is 43.1 Å². The van der Waals surface area contributed by atoms with Gasteiger partial charge in [0, 0.05) is 0 Å². The summed E-state index contributed by atoms with van der Waals surface area (Å²) >= 11 is 0. The summed E-state index contributed by atoms with van der Waals surface area (Å²) in [6, 6.07) is 0. The van der Waals surface area contributed by atoms with Gasteiger partial charge in [-0.1, -0.05) is 0 Å². The predicted octanol–water partition coefficient (Wildman–Crippen LogP) is 1.45. The lowest BCUT2D eigenvalue weighted by Gasteiger charge is -1.97. The summed E-state index contributed by atoms with van der Waals surface area (Å²) in [5.41, 5.74) is -1.31. The summed E-state index contributed by atoms with van der Waals surface area (Å²) in [5.74, 6) is 0.0903. The van der Waals surface area contributed by atoms with Crippen molar-refractivity contribution in [2.45, 2.75) is 18.5 Å². The third kappa shape index (κ3) is 0.859. The van der Waals surface area contributed by atoms with Crippen LogP contribution < -0.4 is 0 Å². The van der Waals surface area contributed by atoms with Crippen LogP contribution in [0.4, 0.5) is 4.39 Å². The minimum absolute atomic E-state index is 0.0880. The van der Waals surface area contributed by atoms with Crippen molar-refractivity contribution in [3.05, 3.63) is 17.8 Å². The van der Waals surface area contributed by atoms with Crippen LogP contribution in [0.25, 0.3) is 0 Å². The minimum Gasteiger partial charge on any atom is -0.444 e. The number of nitrogens with zero attached hydrogens (tertiary/aromatic N) is 1. The lowest BCUT2D eigenvalue weighted by Crippen LogP contribution is -1.99. The first-order valence-electron chi connectivity index (χ1n) is 3.34. The predicted molar refractivity (Wildman–Crippen MR) is 33.9 cm³/mol. The normalized spacial score (nSPS) is 19.7. The Bertz CT molecular complexity index is 290. The maximum atomic E-state index is 13.2. The van der Waals surface area contributed by atoms with Gasteiger partial charge in [-0.05, 0) is 12.8 Å². The molecule has 0 atom stereocenters. The molecule has 0 aromatic carbocycles. The molecule has 0 saturated heterocycles. The third-order valence-corrected chi connectivity index (χ3v) is 1.80. The molecule has 1 fully saturated rings. The molecule has 4 heteroatoms. The van der Waals surface area contributed by atoms with Gasteiger partial charge in [0.05, 0.1) is 0 Å². The number of carbonyl (C=O) groups excluding carboxylic acids is 1. The highest BCUT2D eigenvalue weighted by atomic mass is 19.1. The van der Waals surface area contributed by atoms with E-state index in [-0.39, 0.29) is 11.5 Å². The zero-order valence-corrected chi connectivity index (χ0v) is 5.71. The lowest BCUT2D eigenvalue weighted by molar-refractivity contribution is 0.111. The van der Waals surface area contributed by atoms with Crippen LogP contribution in [0, 0.1) is 0 Å². The maximum absolute atomic E-state index is 13.2. The molecule has 0 amide bonds. The number of hydrogen-bond acceptors (Lipinski definition) is 3. The second-order valence-corrected chi connectivity index (χ2v) is 2.65. The first-order valence-corrected chi connectivity index (χ1v) is 3.34. The highest BCUT2D eigenvalue weighted by Gasteiger charge is 2.49. The average Bonchev–Trinajstić information content (AvgIpc) is 2.61. The van der Waals surface area contributed by atoms with Crippen molar-refractivity contribution < 1.29 is 13.6 Å². The van der Waals surface area contributed by atoms with Crippen molar-refractivity contribution in [3.8, 4) is 0 Å². The Hall–Kier alpha value is -1.19. The van der Waals surface area contributed by atoms with E-state index in [2.05, 4.69) is 4.98 Å². The highest BCUT2D eigenvalue weighted by Crippen LogP contribution is 2.50. The standard InChI is InChI=1S/C7H6FNO2/c8-7(1-2-7)6-5(3-10)9-4-11-6/h3-4H,1-2H2. The summed E-state index contributed by atoms with van der Waals surface area (Å²) in [5, 5.41) is 0. The fraction of sp³-hybridized carbons (Fsp3) is 0.429. The second-order valence-electron chi connectivity index (χ2n) is 2.65. The molecule has 58 valence electrons. The zero-order chi connectivity index (χ0) is 7.90. The molecule has 0 bridgehead atoms. The molecular formula is C7H6FNO2. The second kappa shape index (κ2) is 1.90. The van der Waals surface area contributed by atoms with Crippen molar-refractivity contribution in [1.82, 2.24) is 4.98 Å². The summed E-state index contributed by atoms with van der Waals surface area (Å²) in [7, 11) is 0. The number of aldehydes is 1. The van der Waals surface area contributed by atoms with E-state index in [9.17, 15) is 9.18 Å². The van der Waals surface area contributed by atoms with Gasteiger partial charge >= 0.3 is 0 Å². The molecule has 2 rings (SSSR count). The lowest BCUT2D eigenvalue weighted by atomic mass is 10.2. The van der Waals surface area contributed by atoms with Gasteiger partial charge in [0.1, 0.15) is 5.69 Å². The Kier molecular flexibility index (Phi) is 1.13. The Morgan fingerprint density at radius 1 is 1.73 bits per heavy atom. The fourth-order valence-corrected chi connectivity index (χ4v) is 1.01. The van der Waals surface area contributed by atoms with Crippen molar-refractivity contribution in [1.29, 1.82) is 0 Å². The van der Waals surface area contributed by atoms with E-state index in [1.807, 2.05) is 0 Å². The van der Waals surface area contributed by atoms with Crippen molar-refractivity contribution in [3.63, 3.8) is 0 Å². The molecule has 0 aliphatic heterocycles. The van der Waals surface area contributed by atoms with E-state index >= 15 is 0 Å². The number of rotatable bonds is 2. The van der Waals surface area contributed by atoms with Gasteiger partial charge in [-0.3, -0.25) is 4.79 Å². The molecule has 0 unspecified atom stereocenters. The molecule has 1 saturated carbocycles. The van der Waals surface area contributed by atoms with Crippen molar-refractivity contribution in [2.24, 2.45) is 0 Å². The number of hydrogen-bond donors (Lipinski definition) is 0. The van der Waals surface area contributed by atoms with E-state index in [0.717, 1.165) is 6.39 Å². The Morgan fingerprint density at radius 2 is 2.45 bits per heavy atom. The van der Waals surface area contributed by atoms with E-state index in [1.54, 1.807) is 0 Å². The van der Waals surface area contributed by atoms with Crippen LogP contribution in [-0.2, 0) is 5.67 Å². The largest absolute Gasteiger partial charge is 0.444 e. The zero-order valence-electron chi connectivity index (χ0n) is 5.71. The molecule has 1 aromatic rings. The van der Waals surface area contributed by atoms with Gasteiger partial charge in [-0.2, -0.15) is 0 Å². The van der Waals surface area contributed by atoms with Gasteiger partial charge in [-0.25, -0.2) is 9.37 Å². The smallest absolute Gasteiger partial charge is 0.181 e. The minimum atomic E-state index is -1.40. The first-order chi connectivity index (χ1) is 5.26. The maximum Gasteiger partial charge on any atom is 0.181 e. The van der Waals surface area contributed by atoms with E-state index in [0.29, 0.717) is 19.1 Å². The van der Waals surface area contributed by atoms with Crippen LogP contribution in [0.2, 0.25) is 0 Å². The van der Waals surface area contributed by atoms with Gasteiger partial charge < -0.3 is 4.42 Å². The van der Waals surface area contributed by atoms with E-state index in [4.69, 9.17) is 4.42 Å². The van der Waals surface area contributed by atoms with Gasteiger partial charge in [-0.15, -0.1) is 0 Å². The SMILES string of the molecule is O=Cc1ncoc1C1(F)CC1. The molecule has 0 spiro atoms. The number of oxazole rings is 1. The Morgan fingerprint density at radius 3 is 3.00 bits per heavy atom. The monoisotopic (exact) mass is 155 g/mol. The Labute approximate surface area is 62.2 Å². The molecule has 1 heterocycles. The molecule has 1 aromatic heterocycles.